The number of carbonyl (C=O) groups excluding carboxylic acids is 1. The second-order valence-electron chi connectivity index (χ2n) is 2.80. The summed E-state index contributed by atoms with van der Waals surface area (Å²) in [7, 11) is 0. The van der Waals surface area contributed by atoms with Gasteiger partial charge in [-0.2, -0.15) is 0 Å². The molecule has 0 saturated carbocycles. The summed E-state index contributed by atoms with van der Waals surface area (Å²) in [5.41, 5.74) is 0. The van der Waals surface area contributed by atoms with Crippen LogP contribution in [0.3, 0.4) is 0 Å². The van der Waals surface area contributed by atoms with Gasteiger partial charge in [-0.1, -0.05) is 12.2 Å². The molecular formula is C8H14N2O2S. The van der Waals surface area contributed by atoms with Crippen molar-refractivity contribution in [2.24, 2.45) is 0 Å². The molecule has 1 aliphatic rings. The average molecular weight is 202 g/mol. The van der Waals surface area contributed by atoms with Crippen molar-refractivity contribution >= 4 is 23.1 Å². The highest BCUT2D eigenvalue weighted by Crippen LogP contribution is 1.95. The van der Waals surface area contributed by atoms with E-state index in [0.717, 1.165) is 13.1 Å². The van der Waals surface area contributed by atoms with E-state index in [4.69, 9.17) is 17.0 Å². The monoisotopic (exact) mass is 202 g/mol. The maximum absolute atomic E-state index is 11.2. The summed E-state index contributed by atoms with van der Waals surface area (Å²) < 4.78 is 4.81. The van der Waals surface area contributed by atoms with Gasteiger partial charge >= 0.3 is 5.97 Å². The molecule has 1 atom stereocenters. The summed E-state index contributed by atoms with van der Waals surface area (Å²) in [6.07, 6.45) is 0. The molecule has 0 aliphatic carbocycles. The molecule has 0 bridgehead atoms. The highest BCUT2D eigenvalue weighted by atomic mass is 32.1. The molecule has 0 amide bonds. The van der Waals surface area contributed by atoms with Crippen molar-refractivity contribution in [2.45, 2.75) is 13.0 Å². The van der Waals surface area contributed by atoms with Crippen LogP contribution in [0.25, 0.3) is 0 Å². The molecule has 2 N–H and O–H groups in total. The molecule has 1 saturated heterocycles. The number of esters is 1. The Morgan fingerprint density at radius 3 is 2.92 bits per heavy atom. The summed E-state index contributed by atoms with van der Waals surface area (Å²) in [4.78, 5) is 11.6. The lowest BCUT2D eigenvalue weighted by Crippen LogP contribution is -2.53. The third kappa shape index (κ3) is 3.02. The molecule has 13 heavy (non-hydrogen) atoms. The molecule has 0 spiro atoms. The van der Waals surface area contributed by atoms with Crippen molar-refractivity contribution in [1.82, 2.24) is 10.6 Å². The minimum absolute atomic E-state index is 0.0530. The van der Waals surface area contributed by atoms with Crippen LogP contribution in [0.1, 0.15) is 6.92 Å². The Bertz CT molecular complexity index is 202. The zero-order valence-electron chi connectivity index (χ0n) is 7.63. The average Bonchev–Trinajstić information content (AvgIpc) is 2.18. The Hall–Kier alpha value is -0.520. The van der Waals surface area contributed by atoms with E-state index in [2.05, 4.69) is 10.6 Å². The number of rotatable bonds is 3. The first-order chi connectivity index (χ1) is 6.25. The van der Waals surface area contributed by atoms with Crippen molar-refractivity contribution in [3.63, 3.8) is 0 Å². The summed E-state index contributed by atoms with van der Waals surface area (Å²) in [5, 5.41) is 6.31. The van der Waals surface area contributed by atoms with Gasteiger partial charge in [0.25, 0.3) is 0 Å². The topological polar surface area (TPSA) is 50.4 Å². The van der Waals surface area contributed by atoms with Crippen molar-refractivity contribution in [3.05, 3.63) is 0 Å². The van der Waals surface area contributed by atoms with Crippen LogP contribution in [0.15, 0.2) is 0 Å². The molecule has 0 aromatic carbocycles. The zero-order chi connectivity index (χ0) is 9.68. The number of piperazine rings is 1. The standard InChI is InChI=1S/C8H14N2O2S/c1-2-12-8(11)7(13)6-5-9-3-4-10-6/h6,9-10H,2-5H2,1H3. The Morgan fingerprint density at radius 2 is 2.38 bits per heavy atom. The van der Waals surface area contributed by atoms with Gasteiger partial charge in [0.1, 0.15) is 4.86 Å². The lowest BCUT2D eigenvalue weighted by molar-refractivity contribution is -0.135. The number of hydrogen-bond donors (Lipinski definition) is 2. The van der Waals surface area contributed by atoms with Gasteiger partial charge in [-0.15, -0.1) is 0 Å². The molecular weight excluding hydrogens is 188 g/mol. The van der Waals surface area contributed by atoms with Gasteiger partial charge in [0, 0.05) is 19.6 Å². The fourth-order valence-corrected chi connectivity index (χ4v) is 1.41. The Morgan fingerprint density at radius 1 is 1.62 bits per heavy atom. The van der Waals surface area contributed by atoms with Crippen LogP contribution in [0.5, 0.6) is 0 Å². The van der Waals surface area contributed by atoms with Gasteiger partial charge in [0.15, 0.2) is 0 Å². The number of carbonyl (C=O) groups is 1. The first-order valence-electron chi connectivity index (χ1n) is 4.40. The molecule has 1 rings (SSSR count). The van der Waals surface area contributed by atoms with Gasteiger partial charge < -0.3 is 15.4 Å². The van der Waals surface area contributed by atoms with Crippen molar-refractivity contribution in [2.75, 3.05) is 26.2 Å². The van der Waals surface area contributed by atoms with Crippen molar-refractivity contribution < 1.29 is 9.53 Å². The van der Waals surface area contributed by atoms with E-state index in [1.54, 1.807) is 6.92 Å². The maximum atomic E-state index is 11.2. The summed E-state index contributed by atoms with van der Waals surface area (Å²) in [5.74, 6) is -0.376. The SMILES string of the molecule is CCOC(=O)C(=S)C1CNCCN1. The van der Waals surface area contributed by atoms with Crippen LogP contribution in [0.2, 0.25) is 0 Å². The normalized spacial score (nSPS) is 22.4. The lowest BCUT2D eigenvalue weighted by Gasteiger charge is -2.23. The first-order valence-corrected chi connectivity index (χ1v) is 4.81. The predicted octanol–water partition coefficient (Wildman–Crippen LogP) is -0.519. The highest BCUT2D eigenvalue weighted by molar-refractivity contribution is 7.82. The van der Waals surface area contributed by atoms with Crippen LogP contribution in [-0.4, -0.2) is 43.1 Å². The third-order valence-corrected chi connectivity index (χ3v) is 2.29. The third-order valence-electron chi connectivity index (χ3n) is 1.83. The van der Waals surface area contributed by atoms with E-state index in [1.165, 1.54) is 0 Å². The van der Waals surface area contributed by atoms with Crippen molar-refractivity contribution in [3.8, 4) is 0 Å². The molecule has 0 aromatic rings. The molecule has 1 fully saturated rings. The summed E-state index contributed by atoms with van der Waals surface area (Å²) >= 11 is 4.99. The van der Waals surface area contributed by atoms with E-state index < -0.39 is 0 Å². The zero-order valence-corrected chi connectivity index (χ0v) is 8.45. The number of ether oxygens (including phenoxy) is 1. The highest BCUT2D eigenvalue weighted by Gasteiger charge is 2.23. The summed E-state index contributed by atoms with van der Waals surface area (Å²) in [6, 6.07) is -0.0530. The van der Waals surface area contributed by atoms with Crippen LogP contribution in [0.4, 0.5) is 0 Å². The fourth-order valence-electron chi connectivity index (χ4n) is 1.18. The number of nitrogens with one attached hydrogen (secondary N) is 2. The second kappa shape index (κ2) is 5.26. The Labute approximate surface area is 83.0 Å². The molecule has 5 heteroatoms. The minimum Gasteiger partial charge on any atom is -0.462 e. The number of hydrogen-bond acceptors (Lipinski definition) is 5. The van der Waals surface area contributed by atoms with Crippen LogP contribution >= 0.6 is 12.2 Å². The van der Waals surface area contributed by atoms with Gasteiger partial charge in [-0.3, -0.25) is 0 Å². The van der Waals surface area contributed by atoms with Gasteiger partial charge in [0.05, 0.1) is 12.6 Å². The van der Waals surface area contributed by atoms with Crippen LogP contribution < -0.4 is 10.6 Å². The first kappa shape index (κ1) is 10.6. The van der Waals surface area contributed by atoms with Gasteiger partial charge in [-0.05, 0) is 6.92 Å². The van der Waals surface area contributed by atoms with E-state index in [1.807, 2.05) is 0 Å². The lowest BCUT2D eigenvalue weighted by atomic mass is 10.1. The molecule has 1 heterocycles. The molecule has 74 valence electrons. The van der Waals surface area contributed by atoms with Crippen molar-refractivity contribution in [1.29, 1.82) is 0 Å². The second-order valence-corrected chi connectivity index (χ2v) is 3.24. The molecule has 1 unspecified atom stereocenters. The van der Waals surface area contributed by atoms with E-state index in [0.29, 0.717) is 18.0 Å². The van der Waals surface area contributed by atoms with E-state index in [-0.39, 0.29) is 12.0 Å². The molecule has 0 radical (unpaired) electrons. The van der Waals surface area contributed by atoms with Gasteiger partial charge in [-0.25, -0.2) is 4.79 Å². The number of thiocarbonyl (C=S) groups is 1. The molecule has 0 aromatic heterocycles. The smallest absolute Gasteiger partial charge is 0.346 e. The fraction of sp³-hybridized carbons (Fsp3) is 0.750. The quantitative estimate of drug-likeness (QED) is 0.476. The van der Waals surface area contributed by atoms with E-state index in [9.17, 15) is 4.79 Å². The van der Waals surface area contributed by atoms with Crippen LogP contribution in [0, 0.1) is 0 Å². The van der Waals surface area contributed by atoms with Crippen LogP contribution in [-0.2, 0) is 9.53 Å². The molecule has 4 nitrogen and oxygen atoms in total. The van der Waals surface area contributed by atoms with E-state index >= 15 is 0 Å². The van der Waals surface area contributed by atoms with Gasteiger partial charge in [0.2, 0.25) is 0 Å². The molecule has 1 aliphatic heterocycles. The largest absolute Gasteiger partial charge is 0.462 e. The predicted molar refractivity (Wildman–Crippen MR) is 53.9 cm³/mol. The summed E-state index contributed by atoms with van der Waals surface area (Å²) in [6.45, 7) is 4.61. The minimum atomic E-state index is -0.376. The Kier molecular flexibility index (Phi) is 4.27. The maximum Gasteiger partial charge on any atom is 0.346 e. The Balaban J connectivity index is 2.40.